The van der Waals surface area contributed by atoms with Gasteiger partial charge in [-0.2, -0.15) is 4.39 Å². The van der Waals surface area contributed by atoms with Crippen molar-refractivity contribution in [2.45, 2.75) is 31.4 Å². The standard InChI is InChI=1S/C13H15FN2O2/c14-11-7-9(3-5-15-11)13(17)16-10-4-6-18-12(10)8-1-2-8/h3,5,7-8,10,12H,1-2,4,6H2,(H,16,17). The van der Waals surface area contributed by atoms with Crippen LogP contribution in [-0.2, 0) is 4.74 Å². The lowest BCUT2D eigenvalue weighted by molar-refractivity contribution is 0.0729. The zero-order valence-electron chi connectivity index (χ0n) is 9.93. The molecule has 0 aromatic carbocycles. The van der Waals surface area contributed by atoms with E-state index in [9.17, 15) is 9.18 Å². The van der Waals surface area contributed by atoms with Crippen LogP contribution in [0.1, 0.15) is 29.6 Å². The van der Waals surface area contributed by atoms with Crippen LogP contribution in [0.5, 0.6) is 0 Å². The first-order chi connectivity index (χ1) is 8.74. The number of carbonyl (C=O) groups is 1. The number of amides is 1. The number of rotatable bonds is 3. The van der Waals surface area contributed by atoms with Crippen molar-refractivity contribution < 1.29 is 13.9 Å². The maximum atomic E-state index is 12.9. The molecule has 2 atom stereocenters. The molecule has 1 saturated heterocycles. The van der Waals surface area contributed by atoms with E-state index in [0.29, 0.717) is 18.1 Å². The number of hydrogen-bond donors (Lipinski definition) is 1. The molecule has 2 aliphatic rings. The second-order valence-electron chi connectivity index (χ2n) is 4.91. The molecule has 96 valence electrons. The number of ether oxygens (including phenoxy) is 1. The van der Waals surface area contributed by atoms with Crippen molar-refractivity contribution in [1.29, 1.82) is 0 Å². The molecule has 5 heteroatoms. The fourth-order valence-corrected chi connectivity index (χ4v) is 2.45. The van der Waals surface area contributed by atoms with Gasteiger partial charge in [0, 0.05) is 24.4 Å². The van der Waals surface area contributed by atoms with Crippen molar-refractivity contribution in [2.24, 2.45) is 5.92 Å². The zero-order valence-corrected chi connectivity index (χ0v) is 9.93. The van der Waals surface area contributed by atoms with E-state index in [-0.39, 0.29) is 18.1 Å². The second kappa shape index (κ2) is 4.65. The molecule has 1 saturated carbocycles. The average molecular weight is 250 g/mol. The first-order valence-electron chi connectivity index (χ1n) is 6.28. The number of halogens is 1. The van der Waals surface area contributed by atoms with Crippen LogP contribution in [0.4, 0.5) is 4.39 Å². The molecule has 1 aromatic heterocycles. The predicted molar refractivity (Wildman–Crippen MR) is 62.5 cm³/mol. The van der Waals surface area contributed by atoms with Crippen LogP contribution >= 0.6 is 0 Å². The van der Waals surface area contributed by atoms with Gasteiger partial charge < -0.3 is 10.1 Å². The molecular weight excluding hydrogens is 235 g/mol. The molecule has 1 aliphatic heterocycles. The van der Waals surface area contributed by atoms with Crippen LogP contribution < -0.4 is 5.32 Å². The van der Waals surface area contributed by atoms with Crippen molar-refractivity contribution in [3.63, 3.8) is 0 Å². The summed E-state index contributed by atoms with van der Waals surface area (Å²) in [6.45, 7) is 0.691. The lowest BCUT2D eigenvalue weighted by Crippen LogP contribution is -2.41. The Morgan fingerprint density at radius 2 is 2.28 bits per heavy atom. The van der Waals surface area contributed by atoms with Gasteiger partial charge in [0.15, 0.2) is 0 Å². The van der Waals surface area contributed by atoms with Gasteiger partial charge in [-0.15, -0.1) is 0 Å². The maximum Gasteiger partial charge on any atom is 0.251 e. The molecule has 4 nitrogen and oxygen atoms in total. The van der Waals surface area contributed by atoms with Gasteiger partial charge >= 0.3 is 0 Å². The summed E-state index contributed by atoms with van der Waals surface area (Å²) in [6, 6.07) is 2.72. The Morgan fingerprint density at radius 3 is 3.00 bits per heavy atom. The Kier molecular flexibility index (Phi) is 2.99. The predicted octanol–water partition coefficient (Wildman–Crippen LogP) is 1.52. The summed E-state index contributed by atoms with van der Waals surface area (Å²) in [5, 5.41) is 2.94. The lowest BCUT2D eigenvalue weighted by atomic mass is 10.1. The maximum absolute atomic E-state index is 12.9. The van der Waals surface area contributed by atoms with Crippen LogP contribution in [0.25, 0.3) is 0 Å². The molecule has 0 bridgehead atoms. The molecule has 2 fully saturated rings. The number of hydrogen-bond acceptors (Lipinski definition) is 3. The highest BCUT2D eigenvalue weighted by Crippen LogP contribution is 2.38. The summed E-state index contributed by atoms with van der Waals surface area (Å²) in [5.41, 5.74) is 0.309. The van der Waals surface area contributed by atoms with Crippen molar-refractivity contribution in [3.05, 3.63) is 29.8 Å². The third kappa shape index (κ3) is 2.36. The van der Waals surface area contributed by atoms with Gasteiger partial charge in [-0.1, -0.05) is 0 Å². The normalized spacial score (nSPS) is 27.2. The minimum absolute atomic E-state index is 0.0567. The molecule has 0 spiro atoms. The Bertz CT molecular complexity index is 462. The van der Waals surface area contributed by atoms with Crippen molar-refractivity contribution in [1.82, 2.24) is 10.3 Å². The Labute approximate surface area is 105 Å². The fourth-order valence-electron chi connectivity index (χ4n) is 2.45. The fraction of sp³-hybridized carbons (Fsp3) is 0.538. The van der Waals surface area contributed by atoms with Gasteiger partial charge in [-0.05, 0) is 31.2 Å². The van der Waals surface area contributed by atoms with E-state index >= 15 is 0 Å². The van der Waals surface area contributed by atoms with Gasteiger partial charge in [0.2, 0.25) is 5.95 Å². The average Bonchev–Trinajstić information content (AvgIpc) is 3.10. The van der Waals surface area contributed by atoms with Gasteiger partial charge in [0.05, 0.1) is 12.1 Å². The highest BCUT2D eigenvalue weighted by molar-refractivity contribution is 5.94. The molecule has 1 aromatic rings. The van der Waals surface area contributed by atoms with Crippen molar-refractivity contribution in [3.8, 4) is 0 Å². The van der Waals surface area contributed by atoms with Gasteiger partial charge in [0.1, 0.15) is 0 Å². The van der Waals surface area contributed by atoms with Crippen molar-refractivity contribution in [2.75, 3.05) is 6.61 Å². The topological polar surface area (TPSA) is 51.2 Å². The third-order valence-electron chi connectivity index (χ3n) is 3.53. The largest absolute Gasteiger partial charge is 0.376 e. The summed E-state index contributed by atoms with van der Waals surface area (Å²) in [7, 11) is 0. The summed E-state index contributed by atoms with van der Waals surface area (Å²) >= 11 is 0. The minimum atomic E-state index is -0.635. The minimum Gasteiger partial charge on any atom is -0.376 e. The molecule has 3 rings (SSSR count). The SMILES string of the molecule is O=C(NC1CCOC1C1CC1)c1ccnc(F)c1. The monoisotopic (exact) mass is 250 g/mol. The second-order valence-corrected chi connectivity index (χ2v) is 4.91. The molecule has 2 heterocycles. The third-order valence-corrected chi connectivity index (χ3v) is 3.53. The van der Waals surface area contributed by atoms with E-state index in [0.717, 1.165) is 12.5 Å². The lowest BCUT2D eigenvalue weighted by Gasteiger charge is -2.19. The number of aromatic nitrogens is 1. The Hall–Kier alpha value is -1.49. The van der Waals surface area contributed by atoms with Crippen LogP contribution in [0, 0.1) is 11.9 Å². The number of pyridine rings is 1. The Balaban J connectivity index is 1.66. The summed E-state index contributed by atoms with van der Waals surface area (Å²) < 4.78 is 18.6. The van der Waals surface area contributed by atoms with Crippen LogP contribution in [0.15, 0.2) is 18.3 Å². The van der Waals surface area contributed by atoms with E-state index < -0.39 is 5.95 Å². The van der Waals surface area contributed by atoms with E-state index in [4.69, 9.17) is 4.74 Å². The quantitative estimate of drug-likeness (QED) is 0.827. The molecule has 0 radical (unpaired) electrons. The van der Waals surface area contributed by atoms with Crippen LogP contribution in [0.2, 0.25) is 0 Å². The van der Waals surface area contributed by atoms with Crippen LogP contribution in [0.3, 0.4) is 0 Å². The Morgan fingerprint density at radius 1 is 1.44 bits per heavy atom. The van der Waals surface area contributed by atoms with E-state index in [1.54, 1.807) is 0 Å². The number of carbonyl (C=O) groups excluding carboxylic acids is 1. The summed E-state index contributed by atoms with van der Waals surface area (Å²) in [5.74, 6) is -0.298. The molecular formula is C13H15FN2O2. The van der Waals surface area contributed by atoms with E-state index in [2.05, 4.69) is 10.3 Å². The molecule has 1 aliphatic carbocycles. The zero-order chi connectivity index (χ0) is 12.5. The first-order valence-corrected chi connectivity index (χ1v) is 6.28. The molecule has 2 unspecified atom stereocenters. The molecule has 18 heavy (non-hydrogen) atoms. The van der Waals surface area contributed by atoms with Crippen molar-refractivity contribution >= 4 is 5.91 Å². The van der Waals surface area contributed by atoms with Gasteiger partial charge in [-0.3, -0.25) is 4.79 Å². The van der Waals surface area contributed by atoms with E-state index in [1.165, 1.54) is 25.1 Å². The number of nitrogens with zero attached hydrogens (tertiary/aromatic N) is 1. The highest BCUT2D eigenvalue weighted by atomic mass is 19.1. The van der Waals surface area contributed by atoms with Crippen LogP contribution in [-0.4, -0.2) is 29.6 Å². The summed E-state index contributed by atoms with van der Waals surface area (Å²) in [4.78, 5) is 15.4. The smallest absolute Gasteiger partial charge is 0.251 e. The van der Waals surface area contributed by atoms with Gasteiger partial charge in [-0.25, -0.2) is 4.98 Å². The summed E-state index contributed by atoms with van der Waals surface area (Å²) in [6.07, 6.45) is 4.64. The molecule has 1 N–H and O–H groups in total. The highest BCUT2D eigenvalue weighted by Gasteiger charge is 2.41. The first kappa shape index (κ1) is 11.6. The van der Waals surface area contributed by atoms with Gasteiger partial charge in [0.25, 0.3) is 5.91 Å². The molecule has 1 amide bonds. The number of nitrogens with one attached hydrogen (secondary N) is 1. The van der Waals surface area contributed by atoms with E-state index in [1.807, 2.05) is 0 Å².